The second-order valence-electron chi connectivity index (χ2n) is 5.58. The normalized spacial score (nSPS) is 19.4. The van der Waals surface area contributed by atoms with Crippen LogP contribution in [0, 0.1) is 0 Å². The average Bonchev–Trinajstić information content (AvgIpc) is 3.17. The van der Waals surface area contributed by atoms with Gasteiger partial charge in [0, 0.05) is 39.1 Å². The summed E-state index contributed by atoms with van der Waals surface area (Å²) in [5, 5.41) is 2.90. The smallest absolute Gasteiger partial charge is 0.317 e. The van der Waals surface area contributed by atoms with Crippen LogP contribution in [0.15, 0.2) is 35.2 Å². The number of nitrogens with zero attached hydrogens (tertiary/aromatic N) is 4. The zero-order valence-corrected chi connectivity index (χ0v) is 12.9. The van der Waals surface area contributed by atoms with Crippen LogP contribution in [0.1, 0.15) is 17.6 Å². The molecule has 0 bridgehead atoms. The second kappa shape index (κ2) is 6.23. The molecule has 0 saturated carbocycles. The van der Waals surface area contributed by atoms with E-state index < -0.39 is 0 Å². The maximum absolute atomic E-state index is 12.3. The van der Waals surface area contributed by atoms with E-state index in [9.17, 15) is 4.79 Å². The Bertz CT molecular complexity index is 622. The summed E-state index contributed by atoms with van der Waals surface area (Å²) in [5.74, 6) is 1.73. The van der Waals surface area contributed by atoms with Crippen molar-refractivity contribution in [2.45, 2.75) is 12.6 Å². The largest absolute Gasteiger partial charge is 0.467 e. The molecule has 1 N–H and O–H groups in total. The molecule has 22 heavy (non-hydrogen) atoms. The Morgan fingerprint density at radius 2 is 2.32 bits per heavy atom. The minimum absolute atomic E-state index is 0.0660. The Labute approximate surface area is 129 Å². The molecular formula is C15H21N5O2. The van der Waals surface area contributed by atoms with Gasteiger partial charge in [0.15, 0.2) is 0 Å². The number of likely N-dealkylation sites (N-methyl/N-ethyl adjacent to an activating group) is 1. The van der Waals surface area contributed by atoms with Crippen molar-refractivity contribution in [1.29, 1.82) is 0 Å². The van der Waals surface area contributed by atoms with Crippen LogP contribution in [0.5, 0.6) is 0 Å². The molecule has 1 saturated heterocycles. The predicted molar refractivity (Wildman–Crippen MR) is 81.1 cm³/mol. The highest BCUT2D eigenvalue weighted by atomic mass is 16.3. The number of aryl methyl sites for hydroxylation is 1. The Morgan fingerprint density at radius 3 is 3.00 bits per heavy atom. The van der Waals surface area contributed by atoms with Gasteiger partial charge in [0.1, 0.15) is 11.6 Å². The number of nitrogens with one attached hydrogen (secondary N) is 1. The van der Waals surface area contributed by atoms with Crippen LogP contribution in [-0.4, -0.2) is 52.1 Å². The quantitative estimate of drug-likeness (QED) is 0.925. The Kier molecular flexibility index (Phi) is 4.15. The van der Waals surface area contributed by atoms with E-state index in [4.69, 9.17) is 4.42 Å². The molecular weight excluding hydrogens is 282 g/mol. The summed E-state index contributed by atoms with van der Waals surface area (Å²) in [6, 6.07) is 3.71. The third-order valence-corrected chi connectivity index (χ3v) is 4.09. The number of amides is 2. The van der Waals surface area contributed by atoms with Gasteiger partial charge in [0.05, 0.1) is 18.8 Å². The molecule has 0 unspecified atom stereocenters. The Hall–Kier alpha value is -2.28. The summed E-state index contributed by atoms with van der Waals surface area (Å²) >= 11 is 0. The van der Waals surface area contributed by atoms with Crippen LogP contribution in [0.25, 0.3) is 0 Å². The van der Waals surface area contributed by atoms with E-state index in [-0.39, 0.29) is 12.1 Å². The highest BCUT2D eigenvalue weighted by Gasteiger charge is 2.30. The standard InChI is InChI=1S/C15H21N5O2/c1-18-7-8-20(11-13(18)14-16-5-6-19(14)2)15(21)17-10-12-4-3-9-22-12/h3-6,9,13H,7-8,10-11H2,1-2H3,(H,17,21)/t13-/m1/s1. The topological polar surface area (TPSA) is 66.5 Å². The molecule has 2 aromatic heterocycles. The molecule has 118 valence electrons. The number of carbonyl (C=O) groups excluding carboxylic acids is 1. The van der Waals surface area contributed by atoms with Gasteiger partial charge < -0.3 is 19.2 Å². The molecule has 7 nitrogen and oxygen atoms in total. The van der Waals surface area contributed by atoms with Gasteiger partial charge in [-0.15, -0.1) is 0 Å². The summed E-state index contributed by atoms with van der Waals surface area (Å²) in [4.78, 5) is 20.8. The van der Waals surface area contributed by atoms with Crippen molar-refractivity contribution in [3.05, 3.63) is 42.4 Å². The summed E-state index contributed by atoms with van der Waals surface area (Å²) in [7, 11) is 4.05. The molecule has 0 aromatic carbocycles. The number of aromatic nitrogens is 2. The zero-order chi connectivity index (χ0) is 15.5. The molecule has 1 aliphatic rings. The number of hydrogen-bond donors (Lipinski definition) is 1. The molecule has 7 heteroatoms. The molecule has 1 atom stereocenters. The first kappa shape index (κ1) is 14.6. The first-order valence-corrected chi connectivity index (χ1v) is 7.38. The predicted octanol–water partition coefficient (Wildman–Crippen LogP) is 1.21. The van der Waals surface area contributed by atoms with Gasteiger partial charge >= 0.3 is 6.03 Å². The fourth-order valence-electron chi connectivity index (χ4n) is 2.72. The molecule has 0 radical (unpaired) electrons. The molecule has 3 rings (SSSR count). The van der Waals surface area contributed by atoms with Crippen molar-refractivity contribution < 1.29 is 9.21 Å². The van der Waals surface area contributed by atoms with E-state index >= 15 is 0 Å². The van der Waals surface area contributed by atoms with Crippen LogP contribution in [0.4, 0.5) is 4.79 Å². The molecule has 0 spiro atoms. The Morgan fingerprint density at radius 1 is 1.45 bits per heavy atom. The average molecular weight is 303 g/mol. The van der Waals surface area contributed by atoms with Gasteiger partial charge in [0.2, 0.25) is 0 Å². The highest BCUT2D eigenvalue weighted by Crippen LogP contribution is 2.22. The molecule has 3 heterocycles. The van der Waals surface area contributed by atoms with Gasteiger partial charge in [-0.05, 0) is 19.2 Å². The van der Waals surface area contributed by atoms with E-state index in [1.54, 1.807) is 12.5 Å². The van der Waals surface area contributed by atoms with E-state index in [1.807, 2.05) is 34.8 Å². The van der Waals surface area contributed by atoms with Gasteiger partial charge in [0.25, 0.3) is 0 Å². The van der Waals surface area contributed by atoms with Gasteiger partial charge in [-0.3, -0.25) is 4.90 Å². The number of carbonyl (C=O) groups is 1. The fraction of sp³-hybridized carbons (Fsp3) is 0.467. The second-order valence-corrected chi connectivity index (χ2v) is 5.58. The molecule has 2 amide bonds. The molecule has 0 aliphatic carbocycles. The third-order valence-electron chi connectivity index (χ3n) is 4.09. The van der Waals surface area contributed by atoms with Crippen LogP contribution in [0.3, 0.4) is 0 Å². The van der Waals surface area contributed by atoms with Gasteiger partial charge in [-0.1, -0.05) is 0 Å². The monoisotopic (exact) mass is 303 g/mol. The number of urea groups is 1. The highest BCUT2D eigenvalue weighted by molar-refractivity contribution is 5.74. The fourth-order valence-corrected chi connectivity index (χ4v) is 2.72. The number of hydrogen-bond acceptors (Lipinski definition) is 4. The lowest BCUT2D eigenvalue weighted by Gasteiger charge is -2.38. The first-order chi connectivity index (χ1) is 10.6. The first-order valence-electron chi connectivity index (χ1n) is 7.38. The molecule has 1 aliphatic heterocycles. The maximum Gasteiger partial charge on any atom is 0.317 e. The van der Waals surface area contributed by atoms with Crippen LogP contribution in [0.2, 0.25) is 0 Å². The number of rotatable bonds is 3. The minimum atomic E-state index is -0.0660. The van der Waals surface area contributed by atoms with Crippen LogP contribution in [-0.2, 0) is 13.6 Å². The SMILES string of the molecule is CN1CCN(C(=O)NCc2ccco2)C[C@@H]1c1nccn1C. The number of imidazole rings is 1. The van der Waals surface area contributed by atoms with Gasteiger partial charge in [-0.2, -0.15) is 0 Å². The van der Waals surface area contributed by atoms with Crippen molar-refractivity contribution in [1.82, 2.24) is 24.7 Å². The molecule has 2 aromatic rings. The molecule has 1 fully saturated rings. The summed E-state index contributed by atoms with van der Waals surface area (Å²) in [6.07, 6.45) is 5.33. The van der Waals surface area contributed by atoms with Crippen molar-refractivity contribution in [2.75, 3.05) is 26.7 Å². The summed E-state index contributed by atoms with van der Waals surface area (Å²) in [5.41, 5.74) is 0. The van der Waals surface area contributed by atoms with Crippen LogP contribution < -0.4 is 5.32 Å². The van der Waals surface area contributed by atoms with Crippen molar-refractivity contribution >= 4 is 6.03 Å². The van der Waals surface area contributed by atoms with Crippen molar-refractivity contribution in [3.63, 3.8) is 0 Å². The van der Waals surface area contributed by atoms with E-state index in [0.717, 1.165) is 18.1 Å². The zero-order valence-electron chi connectivity index (χ0n) is 12.9. The number of piperazine rings is 1. The minimum Gasteiger partial charge on any atom is -0.467 e. The lowest BCUT2D eigenvalue weighted by atomic mass is 10.1. The van der Waals surface area contributed by atoms with Crippen LogP contribution >= 0.6 is 0 Å². The van der Waals surface area contributed by atoms with Crippen molar-refractivity contribution in [3.8, 4) is 0 Å². The lowest BCUT2D eigenvalue weighted by molar-refractivity contribution is 0.104. The van der Waals surface area contributed by atoms with E-state index in [0.29, 0.717) is 19.6 Å². The third kappa shape index (κ3) is 2.99. The number of furan rings is 1. The van der Waals surface area contributed by atoms with E-state index in [1.165, 1.54) is 0 Å². The summed E-state index contributed by atoms with van der Waals surface area (Å²) in [6.45, 7) is 2.57. The van der Waals surface area contributed by atoms with E-state index in [2.05, 4.69) is 22.2 Å². The Balaban J connectivity index is 1.62. The van der Waals surface area contributed by atoms with Gasteiger partial charge in [-0.25, -0.2) is 9.78 Å². The lowest BCUT2D eigenvalue weighted by Crippen LogP contribution is -2.52. The maximum atomic E-state index is 12.3. The summed E-state index contributed by atoms with van der Waals surface area (Å²) < 4.78 is 7.23. The van der Waals surface area contributed by atoms with Crippen molar-refractivity contribution in [2.24, 2.45) is 7.05 Å².